The minimum Gasteiger partial charge on any atom is -0.381 e. The summed E-state index contributed by atoms with van der Waals surface area (Å²) < 4.78 is 7.42. The van der Waals surface area contributed by atoms with Gasteiger partial charge in [0, 0.05) is 64.4 Å². The number of fused-ring (bicyclic) bond motifs is 2. The number of likely N-dealkylation sites (N-methyl/N-ethyl adjacent to an activating group) is 1. The molecule has 24 heavy (non-hydrogen) atoms. The van der Waals surface area contributed by atoms with Crippen LogP contribution in [0.1, 0.15) is 25.3 Å². The maximum absolute atomic E-state index is 13.0. The van der Waals surface area contributed by atoms with E-state index in [9.17, 15) is 4.79 Å². The molecule has 3 aliphatic heterocycles. The third-order valence-corrected chi connectivity index (χ3v) is 5.83. The van der Waals surface area contributed by atoms with Gasteiger partial charge < -0.3 is 9.64 Å². The van der Waals surface area contributed by atoms with Gasteiger partial charge in [0.15, 0.2) is 0 Å². The van der Waals surface area contributed by atoms with E-state index in [-0.39, 0.29) is 11.7 Å². The number of piperazine rings is 1. The molecule has 3 saturated heterocycles. The van der Waals surface area contributed by atoms with Crippen LogP contribution in [0.5, 0.6) is 0 Å². The Kier molecular flexibility index (Phi) is 4.10. The van der Waals surface area contributed by atoms with Crippen LogP contribution in [0, 0.1) is 0 Å². The lowest BCUT2D eigenvalue weighted by Gasteiger charge is -2.48. The van der Waals surface area contributed by atoms with Crippen LogP contribution in [0.3, 0.4) is 0 Å². The molecule has 1 aromatic rings. The average Bonchev–Trinajstić information content (AvgIpc) is 3.09. The minimum absolute atomic E-state index is 0.00604. The van der Waals surface area contributed by atoms with Crippen molar-refractivity contribution in [3.63, 3.8) is 0 Å². The quantitative estimate of drug-likeness (QED) is 0.795. The Morgan fingerprint density at radius 3 is 2.79 bits per heavy atom. The van der Waals surface area contributed by atoms with E-state index in [0.29, 0.717) is 5.91 Å². The number of carbonyl (C=O) groups excluding carboxylic acids is 1. The highest BCUT2D eigenvalue weighted by Gasteiger charge is 2.57. The first kappa shape index (κ1) is 16.1. The van der Waals surface area contributed by atoms with E-state index in [0.717, 1.165) is 58.8 Å². The number of carbonyl (C=O) groups is 1. The van der Waals surface area contributed by atoms with Gasteiger partial charge in [0.25, 0.3) is 0 Å². The van der Waals surface area contributed by atoms with E-state index in [2.05, 4.69) is 32.9 Å². The van der Waals surface area contributed by atoms with Crippen LogP contribution in [0.25, 0.3) is 0 Å². The topological polar surface area (TPSA) is 53.8 Å². The third kappa shape index (κ3) is 2.46. The smallest absolute Gasteiger partial charge is 0.242 e. The van der Waals surface area contributed by atoms with Gasteiger partial charge in [-0.05, 0) is 6.92 Å². The molecule has 0 aliphatic carbocycles. The van der Waals surface area contributed by atoms with Crippen LogP contribution in [0.15, 0.2) is 12.4 Å². The van der Waals surface area contributed by atoms with Gasteiger partial charge in [-0.15, -0.1) is 0 Å². The number of amides is 1. The molecular weight excluding hydrogens is 306 g/mol. The fraction of sp³-hybridized carbons (Fsp3) is 0.765. The van der Waals surface area contributed by atoms with Crippen molar-refractivity contribution in [2.24, 2.45) is 7.05 Å². The predicted octanol–water partition coefficient (Wildman–Crippen LogP) is 0.275. The lowest BCUT2D eigenvalue weighted by Crippen LogP contribution is -2.61. The van der Waals surface area contributed by atoms with Crippen molar-refractivity contribution in [2.45, 2.75) is 38.0 Å². The Morgan fingerprint density at radius 2 is 2.12 bits per heavy atom. The summed E-state index contributed by atoms with van der Waals surface area (Å²) in [6.07, 6.45) is 5.85. The largest absolute Gasteiger partial charge is 0.381 e. The average molecular weight is 333 g/mol. The molecule has 0 aromatic carbocycles. The summed E-state index contributed by atoms with van der Waals surface area (Å²) in [5, 5.41) is 4.25. The van der Waals surface area contributed by atoms with E-state index in [4.69, 9.17) is 4.74 Å². The molecule has 3 aliphatic rings. The first-order chi connectivity index (χ1) is 11.6. The van der Waals surface area contributed by atoms with Gasteiger partial charge in [-0.1, -0.05) is 0 Å². The van der Waals surface area contributed by atoms with E-state index in [1.165, 1.54) is 5.56 Å². The summed E-state index contributed by atoms with van der Waals surface area (Å²) in [6, 6.07) is -0.00604. The summed E-state index contributed by atoms with van der Waals surface area (Å²) in [7, 11) is 1.94. The van der Waals surface area contributed by atoms with E-state index < -0.39 is 0 Å². The van der Waals surface area contributed by atoms with Crippen LogP contribution in [-0.2, 0) is 23.1 Å². The lowest BCUT2D eigenvalue weighted by atomic mass is 9.96. The molecule has 4 heterocycles. The van der Waals surface area contributed by atoms with Gasteiger partial charge in [-0.2, -0.15) is 5.10 Å². The number of rotatable bonds is 3. The Balaban J connectivity index is 1.52. The third-order valence-electron chi connectivity index (χ3n) is 5.83. The number of aryl methyl sites for hydroxylation is 1. The monoisotopic (exact) mass is 333 g/mol. The Bertz CT molecular complexity index is 610. The molecular formula is C17H27N5O2. The first-order valence-electron chi connectivity index (χ1n) is 9.00. The second-order valence-corrected chi connectivity index (χ2v) is 7.14. The van der Waals surface area contributed by atoms with Gasteiger partial charge in [0.2, 0.25) is 5.91 Å². The van der Waals surface area contributed by atoms with Crippen molar-refractivity contribution in [1.82, 2.24) is 24.5 Å². The SMILES string of the molecule is CCN1C(=O)[C@H]2CN(Cc3cnn(C)c3)CCN2C12CCOCC2. The maximum Gasteiger partial charge on any atom is 0.242 e. The molecule has 132 valence electrons. The van der Waals surface area contributed by atoms with Crippen molar-refractivity contribution in [1.29, 1.82) is 0 Å². The normalized spacial score (nSPS) is 27.8. The summed E-state index contributed by atoms with van der Waals surface area (Å²) in [6.45, 7) is 8.03. The molecule has 0 bridgehead atoms. The van der Waals surface area contributed by atoms with E-state index in [1.807, 2.05) is 17.9 Å². The zero-order valence-corrected chi connectivity index (χ0v) is 14.6. The summed E-state index contributed by atoms with van der Waals surface area (Å²) >= 11 is 0. The van der Waals surface area contributed by atoms with Gasteiger partial charge in [0.1, 0.15) is 11.7 Å². The molecule has 3 fully saturated rings. The van der Waals surface area contributed by atoms with Crippen LogP contribution < -0.4 is 0 Å². The fourth-order valence-electron chi connectivity index (χ4n) is 4.75. The molecule has 0 radical (unpaired) electrons. The molecule has 0 saturated carbocycles. The highest BCUT2D eigenvalue weighted by Crippen LogP contribution is 2.41. The molecule has 1 amide bonds. The number of hydrogen-bond donors (Lipinski definition) is 0. The van der Waals surface area contributed by atoms with Crippen LogP contribution >= 0.6 is 0 Å². The van der Waals surface area contributed by atoms with Gasteiger partial charge in [0.05, 0.1) is 19.4 Å². The molecule has 4 rings (SSSR count). The maximum atomic E-state index is 13.0. The molecule has 7 heteroatoms. The Morgan fingerprint density at radius 1 is 1.33 bits per heavy atom. The molecule has 1 atom stereocenters. The molecule has 0 unspecified atom stereocenters. The van der Waals surface area contributed by atoms with Crippen molar-refractivity contribution in [2.75, 3.05) is 39.4 Å². The van der Waals surface area contributed by atoms with Crippen LogP contribution in [0.2, 0.25) is 0 Å². The summed E-state index contributed by atoms with van der Waals surface area (Å²) in [4.78, 5) is 20.0. The van der Waals surface area contributed by atoms with Crippen molar-refractivity contribution in [3.8, 4) is 0 Å². The number of nitrogens with zero attached hydrogens (tertiary/aromatic N) is 5. The van der Waals surface area contributed by atoms with Crippen molar-refractivity contribution in [3.05, 3.63) is 18.0 Å². The Labute approximate surface area is 143 Å². The highest BCUT2D eigenvalue weighted by atomic mass is 16.5. The van der Waals surface area contributed by atoms with Gasteiger partial charge >= 0.3 is 0 Å². The predicted molar refractivity (Wildman–Crippen MR) is 89.2 cm³/mol. The Hall–Kier alpha value is -1.44. The van der Waals surface area contributed by atoms with Gasteiger partial charge in [-0.3, -0.25) is 19.3 Å². The number of ether oxygens (including phenoxy) is 1. The second kappa shape index (κ2) is 6.13. The molecule has 0 N–H and O–H groups in total. The summed E-state index contributed by atoms with van der Waals surface area (Å²) in [5.41, 5.74) is 1.11. The minimum atomic E-state index is -0.102. The zero-order chi connectivity index (χ0) is 16.7. The molecule has 1 spiro atoms. The van der Waals surface area contributed by atoms with Crippen LogP contribution in [0.4, 0.5) is 0 Å². The van der Waals surface area contributed by atoms with E-state index >= 15 is 0 Å². The van der Waals surface area contributed by atoms with Crippen molar-refractivity contribution < 1.29 is 9.53 Å². The zero-order valence-electron chi connectivity index (χ0n) is 14.6. The van der Waals surface area contributed by atoms with Crippen molar-refractivity contribution >= 4 is 5.91 Å². The number of aromatic nitrogens is 2. The second-order valence-electron chi connectivity index (χ2n) is 7.14. The van der Waals surface area contributed by atoms with E-state index in [1.54, 1.807) is 0 Å². The standard InChI is InChI=1S/C17H27N5O2/c1-3-21-16(23)15-13-20(12-14-10-18-19(2)11-14)6-7-22(15)17(21)4-8-24-9-5-17/h10-11,15H,3-9,12-13H2,1-2H3/t15-/m1/s1. The fourth-order valence-corrected chi connectivity index (χ4v) is 4.75. The highest BCUT2D eigenvalue weighted by molar-refractivity contribution is 5.85. The lowest BCUT2D eigenvalue weighted by molar-refractivity contribution is -0.135. The molecule has 1 aromatic heterocycles. The summed E-state index contributed by atoms with van der Waals surface area (Å²) in [5.74, 6) is 0.301. The molecule has 7 nitrogen and oxygen atoms in total. The number of hydrogen-bond acceptors (Lipinski definition) is 5. The van der Waals surface area contributed by atoms with Crippen LogP contribution in [-0.4, -0.2) is 81.5 Å². The first-order valence-corrected chi connectivity index (χ1v) is 9.00. The van der Waals surface area contributed by atoms with Gasteiger partial charge in [-0.25, -0.2) is 0 Å².